The number of halogens is 3. The van der Waals surface area contributed by atoms with Crippen LogP contribution in [0.15, 0.2) is 30.5 Å². The smallest absolute Gasteiger partial charge is 0.366 e. The van der Waals surface area contributed by atoms with Crippen LogP contribution in [0.2, 0.25) is 0 Å². The fourth-order valence-corrected chi connectivity index (χ4v) is 5.04. The molecule has 39 heavy (non-hydrogen) atoms. The van der Waals surface area contributed by atoms with Crippen molar-refractivity contribution in [1.29, 1.82) is 0 Å². The van der Waals surface area contributed by atoms with Gasteiger partial charge in [0, 0.05) is 42.6 Å². The summed E-state index contributed by atoms with van der Waals surface area (Å²) in [6.07, 6.45) is 0.326. The van der Waals surface area contributed by atoms with Crippen molar-refractivity contribution in [2.45, 2.75) is 64.2 Å². The number of amides is 2. The molecular formula is C27H36F3N7O2. The van der Waals surface area contributed by atoms with Gasteiger partial charge in [0.2, 0.25) is 11.9 Å². The Morgan fingerprint density at radius 2 is 1.79 bits per heavy atom. The minimum Gasteiger partial charge on any atom is -0.366 e. The largest absolute Gasteiger partial charge is 0.421 e. The van der Waals surface area contributed by atoms with Crippen LogP contribution in [0.25, 0.3) is 0 Å². The summed E-state index contributed by atoms with van der Waals surface area (Å²) in [6.45, 7) is 7.19. The molecule has 4 rings (SSSR count). The van der Waals surface area contributed by atoms with Crippen molar-refractivity contribution in [3.8, 4) is 0 Å². The highest BCUT2D eigenvalue weighted by Gasteiger charge is 2.39. The molecule has 1 aliphatic carbocycles. The summed E-state index contributed by atoms with van der Waals surface area (Å²) in [6, 6.07) is 6.02. The van der Waals surface area contributed by atoms with E-state index >= 15 is 0 Å². The Morgan fingerprint density at radius 3 is 2.46 bits per heavy atom. The van der Waals surface area contributed by atoms with Gasteiger partial charge in [-0.1, -0.05) is 6.42 Å². The number of likely N-dealkylation sites (tertiary alicyclic amines) is 1. The number of aromatic nitrogens is 2. The third kappa shape index (κ3) is 7.81. The van der Waals surface area contributed by atoms with Gasteiger partial charge in [0.15, 0.2) is 0 Å². The van der Waals surface area contributed by atoms with Gasteiger partial charge in [-0.15, -0.1) is 0 Å². The number of benzene rings is 1. The van der Waals surface area contributed by atoms with E-state index < -0.39 is 23.7 Å². The summed E-state index contributed by atoms with van der Waals surface area (Å²) in [7, 11) is 0. The normalized spacial score (nSPS) is 19.7. The molecule has 2 heterocycles. The Hall–Kier alpha value is -3.41. The van der Waals surface area contributed by atoms with E-state index in [1.807, 2.05) is 13.8 Å². The lowest BCUT2D eigenvalue weighted by molar-refractivity contribution is -0.137. The third-order valence-electron chi connectivity index (χ3n) is 7.02. The molecule has 1 saturated heterocycles. The van der Waals surface area contributed by atoms with Crippen LogP contribution in [0.4, 0.5) is 30.6 Å². The number of hydrogen-bond donors (Lipinski definition) is 4. The summed E-state index contributed by atoms with van der Waals surface area (Å²) in [5.41, 5.74) is -0.00193. The standard InChI is InChI=1S/C27H36F3N7O2/c1-17(2)33-25(39)20-6-5-7-22(20)35-23-21(27(28,29)30)16-32-26(36-23)34-19-10-8-18(9-11-19)24(38)31-12-15-37-13-3-4-14-37/h8-11,16-17,20,22H,3-7,12-15H2,1-2H3,(H,31,38)(H,33,39)(H2,32,34,35,36)/t20-,22+/m0/s1. The average Bonchev–Trinajstić information content (AvgIpc) is 3.56. The van der Waals surface area contributed by atoms with E-state index in [0.29, 0.717) is 30.6 Å². The molecule has 2 aliphatic rings. The number of carbonyl (C=O) groups is 2. The van der Waals surface area contributed by atoms with E-state index in [9.17, 15) is 22.8 Å². The number of carbonyl (C=O) groups excluding carboxylic acids is 2. The highest BCUT2D eigenvalue weighted by Crippen LogP contribution is 2.36. The molecular weight excluding hydrogens is 511 g/mol. The lowest BCUT2D eigenvalue weighted by Gasteiger charge is -2.24. The molecule has 2 aromatic rings. The molecule has 1 aromatic carbocycles. The fourth-order valence-electron chi connectivity index (χ4n) is 5.04. The number of alkyl halides is 3. The molecule has 2 fully saturated rings. The van der Waals surface area contributed by atoms with Gasteiger partial charge in [0.1, 0.15) is 11.4 Å². The van der Waals surface area contributed by atoms with Crippen LogP contribution in [-0.2, 0) is 11.0 Å². The van der Waals surface area contributed by atoms with E-state index in [1.165, 1.54) is 12.8 Å². The molecule has 1 aromatic heterocycles. The molecule has 12 heteroatoms. The molecule has 2 amide bonds. The van der Waals surface area contributed by atoms with Crippen LogP contribution in [0.1, 0.15) is 61.9 Å². The first-order valence-corrected chi connectivity index (χ1v) is 13.5. The summed E-state index contributed by atoms with van der Waals surface area (Å²) in [4.78, 5) is 35.3. The average molecular weight is 548 g/mol. The molecule has 0 radical (unpaired) electrons. The van der Waals surface area contributed by atoms with E-state index in [-0.39, 0.29) is 29.6 Å². The predicted octanol–water partition coefficient (Wildman–Crippen LogP) is 4.17. The second kappa shape index (κ2) is 12.6. The van der Waals surface area contributed by atoms with E-state index in [0.717, 1.165) is 32.3 Å². The number of rotatable bonds is 10. The quantitative estimate of drug-likeness (QED) is 0.353. The molecule has 0 unspecified atom stereocenters. The first-order chi connectivity index (χ1) is 18.6. The maximum absolute atomic E-state index is 13.7. The minimum absolute atomic E-state index is 0.0329. The number of anilines is 3. The zero-order chi connectivity index (χ0) is 28.0. The van der Waals surface area contributed by atoms with E-state index in [1.54, 1.807) is 24.3 Å². The van der Waals surface area contributed by atoms with Crippen LogP contribution in [-0.4, -0.2) is 64.9 Å². The van der Waals surface area contributed by atoms with Gasteiger partial charge in [-0.2, -0.15) is 18.2 Å². The molecule has 4 N–H and O–H groups in total. The Morgan fingerprint density at radius 1 is 1.08 bits per heavy atom. The lowest BCUT2D eigenvalue weighted by Crippen LogP contribution is -2.41. The minimum atomic E-state index is -4.67. The fraction of sp³-hybridized carbons (Fsp3) is 0.556. The van der Waals surface area contributed by atoms with Crippen LogP contribution in [0.5, 0.6) is 0 Å². The van der Waals surface area contributed by atoms with E-state index in [2.05, 4.69) is 36.1 Å². The Balaban J connectivity index is 1.42. The van der Waals surface area contributed by atoms with Crippen LogP contribution >= 0.6 is 0 Å². The van der Waals surface area contributed by atoms with Crippen molar-refractivity contribution in [1.82, 2.24) is 25.5 Å². The van der Waals surface area contributed by atoms with Gasteiger partial charge < -0.3 is 26.2 Å². The summed E-state index contributed by atoms with van der Waals surface area (Å²) < 4.78 is 41.2. The Bertz CT molecular complexity index is 1140. The molecule has 212 valence electrons. The second-order valence-corrected chi connectivity index (χ2v) is 10.4. The Labute approximate surface area is 226 Å². The SMILES string of the molecule is CC(C)NC(=O)[C@H]1CCC[C@H]1Nc1nc(Nc2ccc(C(=O)NCCN3CCCC3)cc2)ncc1C(F)(F)F. The first-order valence-electron chi connectivity index (χ1n) is 13.5. The van der Waals surface area contributed by atoms with Gasteiger partial charge in [-0.25, -0.2) is 4.98 Å². The Kier molecular flexibility index (Phi) is 9.26. The third-order valence-corrected chi connectivity index (χ3v) is 7.02. The molecule has 2 atom stereocenters. The molecule has 0 spiro atoms. The molecule has 0 bridgehead atoms. The first kappa shape index (κ1) is 28.6. The maximum atomic E-state index is 13.7. The van der Waals surface area contributed by atoms with Crippen molar-refractivity contribution in [2.24, 2.45) is 5.92 Å². The predicted molar refractivity (Wildman–Crippen MR) is 143 cm³/mol. The van der Waals surface area contributed by atoms with Crippen molar-refractivity contribution >= 4 is 29.3 Å². The number of nitrogens with zero attached hydrogens (tertiary/aromatic N) is 3. The summed E-state index contributed by atoms with van der Waals surface area (Å²) >= 11 is 0. The van der Waals surface area contributed by atoms with Crippen molar-refractivity contribution < 1.29 is 22.8 Å². The zero-order valence-corrected chi connectivity index (χ0v) is 22.3. The number of hydrogen-bond acceptors (Lipinski definition) is 7. The highest BCUT2D eigenvalue weighted by molar-refractivity contribution is 5.94. The topological polar surface area (TPSA) is 111 Å². The second-order valence-electron chi connectivity index (χ2n) is 10.4. The number of nitrogens with one attached hydrogen (secondary N) is 4. The summed E-state index contributed by atoms with van der Waals surface area (Å²) in [5.74, 6) is -1.22. The lowest BCUT2D eigenvalue weighted by atomic mass is 10.0. The van der Waals surface area contributed by atoms with Gasteiger partial charge in [-0.3, -0.25) is 9.59 Å². The molecule has 1 aliphatic heterocycles. The van der Waals surface area contributed by atoms with Gasteiger partial charge in [-0.05, 0) is 76.9 Å². The van der Waals surface area contributed by atoms with Gasteiger partial charge in [0.25, 0.3) is 5.91 Å². The van der Waals surface area contributed by atoms with Crippen molar-refractivity contribution in [3.63, 3.8) is 0 Å². The van der Waals surface area contributed by atoms with Crippen molar-refractivity contribution in [2.75, 3.05) is 36.8 Å². The highest BCUT2D eigenvalue weighted by atomic mass is 19.4. The van der Waals surface area contributed by atoms with Gasteiger partial charge in [0.05, 0.1) is 5.92 Å². The van der Waals surface area contributed by atoms with Crippen LogP contribution in [0.3, 0.4) is 0 Å². The van der Waals surface area contributed by atoms with Crippen molar-refractivity contribution in [3.05, 3.63) is 41.6 Å². The van der Waals surface area contributed by atoms with Crippen LogP contribution < -0.4 is 21.3 Å². The summed E-state index contributed by atoms with van der Waals surface area (Å²) in [5, 5.41) is 11.5. The zero-order valence-electron chi connectivity index (χ0n) is 22.3. The molecule has 1 saturated carbocycles. The monoisotopic (exact) mass is 547 g/mol. The van der Waals surface area contributed by atoms with E-state index in [4.69, 9.17) is 0 Å². The van der Waals surface area contributed by atoms with Gasteiger partial charge >= 0.3 is 6.18 Å². The van der Waals surface area contributed by atoms with Crippen LogP contribution in [0, 0.1) is 5.92 Å². The molecule has 9 nitrogen and oxygen atoms in total. The maximum Gasteiger partial charge on any atom is 0.421 e.